The lowest BCUT2D eigenvalue weighted by Crippen LogP contribution is -2.37. The summed E-state index contributed by atoms with van der Waals surface area (Å²) >= 11 is 0. The van der Waals surface area contributed by atoms with Crippen LogP contribution in [-0.2, 0) is 0 Å². The molecule has 20 heavy (non-hydrogen) atoms. The molecular weight excluding hydrogens is 250 g/mol. The van der Waals surface area contributed by atoms with E-state index in [1.807, 2.05) is 31.2 Å². The first kappa shape index (κ1) is 17.2. The minimum atomic E-state index is -0.475. The van der Waals surface area contributed by atoms with Crippen molar-refractivity contribution in [3.63, 3.8) is 0 Å². The van der Waals surface area contributed by atoms with E-state index in [4.69, 9.17) is 5.11 Å². The highest BCUT2D eigenvalue weighted by molar-refractivity contribution is 5.27. The molecule has 0 aliphatic heterocycles. The third-order valence-corrected chi connectivity index (χ3v) is 3.31. The van der Waals surface area contributed by atoms with Crippen molar-refractivity contribution >= 4 is 0 Å². The molecule has 1 atom stereocenters. The van der Waals surface area contributed by atoms with Crippen LogP contribution in [0.2, 0.25) is 0 Å². The number of aliphatic hydroxyl groups excluding tert-OH is 2. The molecule has 3 heteroatoms. The molecule has 114 valence electrons. The second-order valence-corrected chi connectivity index (χ2v) is 6.75. The van der Waals surface area contributed by atoms with Crippen LogP contribution < -0.4 is 0 Å². The molecule has 0 aliphatic carbocycles. The molecule has 3 nitrogen and oxygen atoms in total. The topological polar surface area (TPSA) is 43.7 Å². The predicted molar refractivity (Wildman–Crippen MR) is 83.7 cm³/mol. The van der Waals surface area contributed by atoms with Crippen molar-refractivity contribution in [2.24, 2.45) is 5.41 Å². The van der Waals surface area contributed by atoms with E-state index in [2.05, 4.69) is 25.7 Å². The van der Waals surface area contributed by atoms with Crippen molar-refractivity contribution in [1.29, 1.82) is 0 Å². The molecule has 0 spiro atoms. The maximum Gasteiger partial charge on any atom is 0.0919 e. The van der Waals surface area contributed by atoms with Gasteiger partial charge in [-0.2, -0.15) is 0 Å². The number of nitrogens with zero attached hydrogens (tertiary/aromatic N) is 1. The standard InChI is InChI=1S/C17H29NO2/c1-14-8-5-6-9-15(14)16(20)12-18(10-7-11-19)13-17(2,3)4/h5-6,8-9,16,19-20H,7,10-13H2,1-4H3. The van der Waals surface area contributed by atoms with Crippen molar-refractivity contribution in [3.8, 4) is 0 Å². The summed E-state index contributed by atoms with van der Waals surface area (Å²) in [5.41, 5.74) is 2.30. The molecule has 1 unspecified atom stereocenters. The van der Waals surface area contributed by atoms with E-state index in [0.717, 1.165) is 30.6 Å². The molecule has 2 N–H and O–H groups in total. The van der Waals surface area contributed by atoms with Gasteiger partial charge >= 0.3 is 0 Å². The third-order valence-electron chi connectivity index (χ3n) is 3.31. The fourth-order valence-corrected chi connectivity index (χ4v) is 2.50. The Kier molecular flexibility index (Phi) is 6.66. The van der Waals surface area contributed by atoms with Gasteiger partial charge in [-0.25, -0.2) is 0 Å². The fourth-order valence-electron chi connectivity index (χ4n) is 2.50. The van der Waals surface area contributed by atoms with Gasteiger partial charge in [-0.1, -0.05) is 45.0 Å². The van der Waals surface area contributed by atoms with Gasteiger partial charge < -0.3 is 10.2 Å². The van der Waals surface area contributed by atoms with Crippen LogP contribution in [0.15, 0.2) is 24.3 Å². The lowest BCUT2D eigenvalue weighted by Gasteiger charge is -2.31. The van der Waals surface area contributed by atoms with E-state index in [0.29, 0.717) is 6.54 Å². The summed E-state index contributed by atoms with van der Waals surface area (Å²) in [5.74, 6) is 0. The largest absolute Gasteiger partial charge is 0.396 e. The number of rotatable bonds is 7. The Balaban J connectivity index is 2.70. The van der Waals surface area contributed by atoms with Crippen molar-refractivity contribution < 1.29 is 10.2 Å². The Labute approximate surface area is 123 Å². The first-order chi connectivity index (χ1) is 9.33. The fraction of sp³-hybridized carbons (Fsp3) is 0.647. The minimum Gasteiger partial charge on any atom is -0.396 e. The Morgan fingerprint density at radius 3 is 2.40 bits per heavy atom. The van der Waals surface area contributed by atoms with Crippen molar-refractivity contribution in [2.75, 3.05) is 26.2 Å². The average molecular weight is 279 g/mol. The maximum atomic E-state index is 10.5. The van der Waals surface area contributed by atoms with E-state index in [9.17, 15) is 5.11 Å². The highest BCUT2D eigenvalue weighted by Crippen LogP contribution is 2.21. The van der Waals surface area contributed by atoms with Crippen LogP contribution in [0.4, 0.5) is 0 Å². The SMILES string of the molecule is Cc1ccccc1C(O)CN(CCCO)CC(C)(C)C. The zero-order chi connectivity index (χ0) is 15.2. The van der Waals surface area contributed by atoms with Gasteiger partial charge in [-0.15, -0.1) is 0 Å². The average Bonchev–Trinajstić information content (AvgIpc) is 2.34. The number of aliphatic hydroxyl groups is 2. The molecular formula is C17H29NO2. The molecule has 0 radical (unpaired) electrons. The summed E-state index contributed by atoms with van der Waals surface area (Å²) in [6.45, 7) is 11.1. The van der Waals surface area contributed by atoms with Crippen LogP contribution in [0.25, 0.3) is 0 Å². The summed E-state index contributed by atoms with van der Waals surface area (Å²) in [7, 11) is 0. The molecule has 1 aromatic rings. The van der Waals surface area contributed by atoms with Crippen LogP contribution in [-0.4, -0.2) is 41.4 Å². The lowest BCUT2D eigenvalue weighted by molar-refractivity contribution is 0.0866. The zero-order valence-electron chi connectivity index (χ0n) is 13.3. The molecule has 0 saturated heterocycles. The van der Waals surface area contributed by atoms with Gasteiger partial charge in [0.1, 0.15) is 0 Å². The number of benzene rings is 1. The molecule has 0 aromatic heterocycles. The van der Waals surface area contributed by atoms with E-state index >= 15 is 0 Å². The quantitative estimate of drug-likeness (QED) is 0.806. The van der Waals surface area contributed by atoms with Crippen molar-refractivity contribution in [1.82, 2.24) is 4.90 Å². The Morgan fingerprint density at radius 2 is 1.85 bits per heavy atom. The monoisotopic (exact) mass is 279 g/mol. The van der Waals surface area contributed by atoms with Crippen LogP contribution >= 0.6 is 0 Å². The number of hydrogen-bond donors (Lipinski definition) is 2. The van der Waals surface area contributed by atoms with Gasteiger partial charge in [-0.3, -0.25) is 4.90 Å². The van der Waals surface area contributed by atoms with Crippen LogP contribution in [0.3, 0.4) is 0 Å². The van der Waals surface area contributed by atoms with Crippen LogP contribution in [0.5, 0.6) is 0 Å². The minimum absolute atomic E-state index is 0.181. The van der Waals surface area contributed by atoms with Gasteiger partial charge in [0.25, 0.3) is 0 Å². The highest BCUT2D eigenvalue weighted by Gasteiger charge is 2.20. The van der Waals surface area contributed by atoms with Gasteiger partial charge in [0, 0.05) is 26.2 Å². The second-order valence-electron chi connectivity index (χ2n) is 6.75. The van der Waals surface area contributed by atoms with E-state index < -0.39 is 6.10 Å². The molecule has 0 heterocycles. The highest BCUT2D eigenvalue weighted by atomic mass is 16.3. The molecule has 0 bridgehead atoms. The third kappa shape index (κ3) is 6.04. The van der Waals surface area contributed by atoms with Gasteiger partial charge in [0.15, 0.2) is 0 Å². The van der Waals surface area contributed by atoms with Crippen LogP contribution in [0.1, 0.15) is 44.4 Å². The summed E-state index contributed by atoms with van der Waals surface area (Å²) in [6.07, 6.45) is 0.272. The number of aryl methyl sites for hydroxylation is 1. The van der Waals surface area contributed by atoms with Crippen LogP contribution in [0, 0.1) is 12.3 Å². The second kappa shape index (κ2) is 7.77. The Hall–Kier alpha value is -0.900. The van der Waals surface area contributed by atoms with Gasteiger partial charge in [0.05, 0.1) is 6.10 Å². The first-order valence-electron chi connectivity index (χ1n) is 7.40. The van der Waals surface area contributed by atoms with Gasteiger partial charge in [0.2, 0.25) is 0 Å². The van der Waals surface area contributed by atoms with Gasteiger partial charge in [-0.05, 0) is 29.9 Å². The zero-order valence-corrected chi connectivity index (χ0v) is 13.3. The Morgan fingerprint density at radius 1 is 1.20 bits per heavy atom. The lowest BCUT2D eigenvalue weighted by atomic mass is 9.95. The van der Waals surface area contributed by atoms with E-state index in [1.54, 1.807) is 0 Å². The molecule has 0 fully saturated rings. The van der Waals surface area contributed by atoms with E-state index in [1.165, 1.54) is 0 Å². The summed E-state index contributed by atoms with van der Waals surface area (Å²) in [4.78, 5) is 2.24. The summed E-state index contributed by atoms with van der Waals surface area (Å²) < 4.78 is 0. The summed E-state index contributed by atoms with van der Waals surface area (Å²) in [5, 5.41) is 19.5. The molecule has 0 saturated carbocycles. The molecule has 0 aliphatic rings. The van der Waals surface area contributed by atoms with E-state index in [-0.39, 0.29) is 12.0 Å². The molecule has 0 amide bonds. The smallest absolute Gasteiger partial charge is 0.0919 e. The maximum absolute atomic E-state index is 10.5. The molecule has 1 aromatic carbocycles. The van der Waals surface area contributed by atoms with Crippen molar-refractivity contribution in [2.45, 2.75) is 40.2 Å². The van der Waals surface area contributed by atoms with Crippen molar-refractivity contribution in [3.05, 3.63) is 35.4 Å². The Bertz CT molecular complexity index is 398. The number of hydrogen-bond acceptors (Lipinski definition) is 3. The summed E-state index contributed by atoms with van der Waals surface area (Å²) in [6, 6.07) is 7.97. The molecule has 1 rings (SSSR count). The first-order valence-corrected chi connectivity index (χ1v) is 7.40. The normalized spacial score (nSPS) is 13.8. The predicted octanol–water partition coefficient (Wildman–Crippen LogP) is 2.76.